The lowest BCUT2D eigenvalue weighted by Gasteiger charge is -2.08. The summed E-state index contributed by atoms with van der Waals surface area (Å²) in [5, 5.41) is 4.65. The second-order valence-corrected chi connectivity index (χ2v) is 3.77. The van der Waals surface area contributed by atoms with Crippen molar-refractivity contribution in [3.8, 4) is 0 Å². The first-order valence-corrected chi connectivity index (χ1v) is 5.17. The van der Waals surface area contributed by atoms with E-state index < -0.39 is 11.9 Å². The van der Waals surface area contributed by atoms with Gasteiger partial charge in [0.15, 0.2) is 0 Å². The largest absolute Gasteiger partial charge is 0.343 e. The Balaban J connectivity index is 1.90. The molecule has 2 rings (SSSR count). The number of rotatable bonds is 3. The van der Waals surface area contributed by atoms with Gasteiger partial charge in [-0.15, -0.1) is 0 Å². The van der Waals surface area contributed by atoms with E-state index in [1.54, 1.807) is 24.5 Å². The Morgan fingerprint density at radius 1 is 1.41 bits per heavy atom. The molecule has 1 unspecified atom stereocenters. The lowest BCUT2D eigenvalue weighted by molar-refractivity contribution is -0.128. The minimum Gasteiger partial charge on any atom is -0.343 e. The Bertz CT molecular complexity index is 458. The van der Waals surface area contributed by atoms with Gasteiger partial charge in [0, 0.05) is 12.4 Å². The van der Waals surface area contributed by atoms with Crippen LogP contribution in [0.4, 0.5) is 0 Å². The van der Waals surface area contributed by atoms with Crippen molar-refractivity contribution in [1.29, 1.82) is 0 Å². The standard InChI is InChI=1S/C11H11N3O3/c15-9(5-7-1-3-12-4-2-7)13-8-6-10(16)14-11(8)17/h1-4,8H,5-6H2,(H,13,15)(H,14,16,17). The van der Waals surface area contributed by atoms with Crippen molar-refractivity contribution < 1.29 is 14.4 Å². The van der Waals surface area contributed by atoms with Crippen molar-refractivity contribution in [1.82, 2.24) is 15.6 Å². The maximum absolute atomic E-state index is 11.6. The molecule has 0 spiro atoms. The number of aromatic nitrogens is 1. The zero-order valence-electron chi connectivity index (χ0n) is 8.97. The molecule has 1 aromatic rings. The normalized spacial score (nSPS) is 18.9. The Morgan fingerprint density at radius 2 is 2.12 bits per heavy atom. The van der Waals surface area contributed by atoms with Crippen LogP contribution >= 0.6 is 0 Å². The fraction of sp³-hybridized carbons (Fsp3) is 0.273. The van der Waals surface area contributed by atoms with Crippen molar-refractivity contribution in [2.75, 3.05) is 0 Å². The third-order valence-electron chi connectivity index (χ3n) is 2.42. The Kier molecular flexibility index (Phi) is 3.13. The molecule has 1 aromatic heterocycles. The molecule has 6 nitrogen and oxygen atoms in total. The van der Waals surface area contributed by atoms with Crippen LogP contribution in [0.2, 0.25) is 0 Å². The summed E-state index contributed by atoms with van der Waals surface area (Å²) < 4.78 is 0. The Hall–Kier alpha value is -2.24. The predicted octanol–water partition coefficient (Wildman–Crippen LogP) is -0.845. The molecule has 1 fully saturated rings. The van der Waals surface area contributed by atoms with Crippen molar-refractivity contribution in [3.05, 3.63) is 30.1 Å². The maximum Gasteiger partial charge on any atom is 0.249 e. The van der Waals surface area contributed by atoms with Crippen LogP contribution in [0, 0.1) is 0 Å². The van der Waals surface area contributed by atoms with Gasteiger partial charge in [0.2, 0.25) is 17.7 Å². The number of carbonyl (C=O) groups excluding carboxylic acids is 3. The SMILES string of the molecule is O=C1CC(NC(=O)Cc2ccncc2)C(=O)N1. The van der Waals surface area contributed by atoms with Gasteiger partial charge in [-0.1, -0.05) is 0 Å². The van der Waals surface area contributed by atoms with Gasteiger partial charge in [-0.05, 0) is 17.7 Å². The third-order valence-corrected chi connectivity index (χ3v) is 2.42. The monoisotopic (exact) mass is 233 g/mol. The second kappa shape index (κ2) is 4.73. The van der Waals surface area contributed by atoms with Crippen LogP contribution in [0.5, 0.6) is 0 Å². The Morgan fingerprint density at radius 3 is 2.71 bits per heavy atom. The molecule has 2 N–H and O–H groups in total. The maximum atomic E-state index is 11.6. The lowest BCUT2D eigenvalue weighted by Crippen LogP contribution is -2.40. The molecule has 1 saturated heterocycles. The van der Waals surface area contributed by atoms with Gasteiger partial charge in [0.1, 0.15) is 6.04 Å². The van der Waals surface area contributed by atoms with Gasteiger partial charge in [-0.3, -0.25) is 24.7 Å². The molecular formula is C11H11N3O3. The quantitative estimate of drug-likeness (QED) is 0.666. The van der Waals surface area contributed by atoms with E-state index in [4.69, 9.17) is 0 Å². The number of nitrogens with zero attached hydrogens (tertiary/aromatic N) is 1. The number of hydrogen-bond acceptors (Lipinski definition) is 4. The fourth-order valence-electron chi connectivity index (χ4n) is 1.60. The van der Waals surface area contributed by atoms with Gasteiger partial charge in [0.05, 0.1) is 12.8 Å². The zero-order chi connectivity index (χ0) is 12.3. The van der Waals surface area contributed by atoms with E-state index in [0.29, 0.717) is 0 Å². The van der Waals surface area contributed by atoms with Gasteiger partial charge < -0.3 is 5.32 Å². The number of hydrogen-bond donors (Lipinski definition) is 2. The van der Waals surface area contributed by atoms with Crippen LogP contribution in [-0.2, 0) is 20.8 Å². The summed E-state index contributed by atoms with van der Waals surface area (Å²) in [6, 6.07) is 2.70. The predicted molar refractivity (Wildman–Crippen MR) is 57.6 cm³/mol. The van der Waals surface area contributed by atoms with Crippen molar-refractivity contribution in [2.45, 2.75) is 18.9 Å². The van der Waals surface area contributed by atoms with E-state index in [0.717, 1.165) is 5.56 Å². The van der Waals surface area contributed by atoms with E-state index in [1.807, 2.05) is 0 Å². The number of nitrogens with one attached hydrogen (secondary N) is 2. The first-order valence-electron chi connectivity index (χ1n) is 5.17. The summed E-state index contributed by atoms with van der Waals surface area (Å²) in [6.07, 6.45) is 3.37. The summed E-state index contributed by atoms with van der Waals surface area (Å²) in [5.74, 6) is -1.09. The Labute approximate surface area is 97.4 Å². The third kappa shape index (κ3) is 2.87. The molecule has 1 aliphatic heterocycles. The summed E-state index contributed by atoms with van der Waals surface area (Å²) in [5.41, 5.74) is 0.808. The van der Waals surface area contributed by atoms with E-state index in [1.165, 1.54) is 0 Å². The molecule has 0 radical (unpaired) electrons. The van der Waals surface area contributed by atoms with Crippen LogP contribution in [0.15, 0.2) is 24.5 Å². The second-order valence-electron chi connectivity index (χ2n) is 3.77. The molecule has 3 amide bonds. The molecule has 0 aromatic carbocycles. The fourth-order valence-corrected chi connectivity index (χ4v) is 1.60. The van der Waals surface area contributed by atoms with E-state index in [2.05, 4.69) is 15.6 Å². The van der Waals surface area contributed by atoms with Gasteiger partial charge >= 0.3 is 0 Å². The molecule has 1 aliphatic rings. The van der Waals surface area contributed by atoms with Crippen molar-refractivity contribution >= 4 is 17.7 Å². The smallest absolute Gasteiger partial charge is 0.249 e. The van der Waals surface area contributed by atoms with Crippen LogP contribution < -0.4 is 10.6 Å². The molecule has 1 atom stereocenters. The summed E-state index contributed by atoms with van der Waals surface area (Å²) in [4.78, 5) is 37.6. The molecule has 0 aliphatic carbocycles. The van der Waals surface area contributed by atoms with E-state index in [9.17, 15) is 14.4 Å². The summed E-state index contributed by atoms with van der Waals surface area (Å²) >= 11 is 0. The molecule has 17 heavy (non-hydrogen) atoms. The highest BCUT2D eigenvalue weighted by Crippen LogP contribution is 2.03. The van der Waals surface area contributed by atoms with Crippen molar-refractivity contribution in [3.63, 3.8) is 0 Å². The van der Waals surface area contributed by atoms with E-state index >= 15 is 0 Å². The van der Waals surface area contributed by atoms with Crippen LogP contribution in [0.1, 0.15) is 12.0 Å². The molecule has 6 heteroatoms. The molecule has 88 valence electrons. The van der Waals surface area contributed by atoms with E-state index in [-0.39, 0.29) is 24.7 Å². The highest BCUT2D eigenvalue weighted by atomic mass is 16.2. The zero-order valence-corrected chi connectivity index (χ0v) is 8.97. The number of pyridine rings is 1. The molecular weight excluding hydrogens is 222 g/mol. The molecule has 2 heterocycles. The minimum atomic E-state index is -0.739. The number of carbonyl (C=O) groups is 3. The average molecular weight is 233 g/mol. The first-order chi connectivity index (χ1) is 8.15. The van der Waals surface area contributed by atoms with Crippen LogP contribution in [-0.4, -0.2) is 28.7 Å². The lowest BCUT2D eigenvalue weighted by atomic mass is 10.1. The van der Waals surface area contributed by atoms with Gasteiger partial charge in [-0.2, -0.15) is 0 Å². The van der Waals surface area contributed by atoms with Gasteiger partial charge in [-0.25, -0.2) is 0 Å². The summed E-state index contributed by atoms with van der Waals surface area (Å²) in [6.45, 7) is 0. The highest BCUT2D eigenvalue weighted by molar-refractivity contribution is 6.06. The number of amides is 3. The van der Waals surface area contributed by atoms with Crippen molar-refractivity contribution in [2.24, 2.45) is 0 Å². The summed E-state index contributed by atoms with van der Waals surface area (Å²) in [7, 11) is 0. The highest BCUT2D eigenvalue weighted by Gasteiger charge is 2.31. The topological polar surface area (TPSA) is 88.2 Å². The van der Waals surface area contributed by atoms with Gasteiger partial charge in [0.25, 0.3) is 0 Å². The minimum absolute atomic E-state index is 0.0148. The number of imide groups is 1. The average Bonchev–Trinajstić information content (AvgIpc) is 2.58. The van der Waals surface area contributed by atoms with Crippen LogP contribution in [0.25, 0.3) is 0 Å². The first kappa shape index (κ1) is 11.3. The van der Waals surface area contributed by atoms with Crippen LogP contribution in [0.3, 0.4) is 0 Å². The molecule has 0 saturated carbocycles. The molecule has 0 bridgehead atoms.